The molecule has 0 N–H and O–H groups in total. The van der Waals surface area contributed by atoms with Crippen LogP contribution < -0.4 is 0 Å². The Morgan fingerprint density at radius 1 is 1.36 bits per heavy atom. The molecule has 0 aromatic heterocycles. The van der Waals surface area contributed by atoms with Gasteiger partial charge in [-0.25, -0.2) is 0 Å². The number of hydrogen-bond donors (Lipinski definition) is 0. The maximum Gasteiger partial charge on any atom is -0.0141 e. The fourth-order valence-electron chi connectivity index (χ4n) is 0.672. The summed E-state index contributed by atoms with van der Waals surface area (Å²) in [6.07, 6.45) is 8.95. The minimum Gasteiger partial charge on any atom is -0.103 e. The molecule has 0 aromatic rings. The van der Waals surface area contributed by atoms with E-state index in [1.165, 1.54) is 5.57 Å². The van der Waals surface area contributed by atoms with Crippen molar-refractivity contribution in [3.8, 4) is 0 Å². The highest BCUT2D eigenvalue weighted by atomic mass is 13.9. The quantitative estimate of drug-likeness (QED) is 0.422. The van der Waals surface area contributed by atoms with Gasteiger partial charge < -0.3 is 0 Å². The Balaban J connectivity index is 3.90. The van der Waals surface area contributed by atoms with E-state index in [4.69, 9.17) is 0 Å². The van der Waals surface area contributed by atoms with Gasteiger partial charge in [0.2, 0.25) is 0 Å². The smallest absolute Gasteiger partial charge is 0.0141 e. The summed E-state index contributed by atoms with van der Waals surface area (Å²) in [6.45, 7) is 11.5. The van der Waals surface area contributed by atoms with Crippen LogP contribution in [0.5, 0.6) is 0 Å². The standard InChI is InChI=1S/C11H16/c1-5-7-11(4)9-6-8-10(2)3/h5-6,8-9H,1-2,7H2,3-4H3/b8-6-,11-9+. The van der Waals surface area contributed by atoms with Gasteiger partial charge in [0.15, 0.2) is 0 Å². The second kappa shape index (κ2) is 5.72. The molecular formula is C11H16. The molecule has 0 radical (unpaired) electrons. The summed E-state index contributed by atoms with van der Waals surface area (Å²) >= 11 is 0. The SMILES string of the molecule is C=CC/C(C)=C/C=C\C(=C)C. The summed E-state index contributed by atoms with van der Waals surface area (Å²) in [6, 6.07) is 0. The highest BCUT2D eigenvalue weighted by molar-refractivity contribution is 5.20. The Hall–Kier alpha value is -1.04. The molecule has 0 saturated carbocycles. The van der Waals surface area contributed by atoms with Crippen molar-refractivity contribution in [3.63, 3.8) is 0 Å². The van der Waals surface area contributed by atoms with Gasteiger partial charge in [-0.05, 0) is 20.3 Å². The Kier molecular flexibility index (Phi) is 5.18. The van der Waals surface area contributed by atoms with Crippen LogP contribution in [0, 0.1) is 0 Å². The molecule has 60 valence electrons. The van der Waals surface area contributed by atoms with Crippen molar-refractivity contribution < 1.29 is 0 Å². The molecule has 0 aliphatic carbocycles. The molecule has 0 unspecified atom stereocenters. The van der Waals surface area contributed by atoms with Crippen LogP contribution in [0.4, 0.5) is 0 Å². The Morgan fingerprint density at radius 3 is 2.45 bits per heavy atom. The Bertz CT molecular complexity index is 192. The lowest BCUT2D eigenvalue weighted by atomic mass is 10.2. The van der Waals surface area contributed by atoms with E-state index in [1.54, 1.807) is 0 Å². The van der Waals surface area contributed by atoms with Gasteiger partial charge in [-0.3, -0.25) is 0 Å². The number of allylic oxidation sites excluding steroid dienone is 6. The third kappa shape index (κ3) is 6.85. The molecule has 0 amide bonds. The predicted octanol–water partition coefficient (Wildman–Crippen LogP) is 3.64. The first-order chi connectivity index (χ1) is 5.16. The summed E-state index contributed by atoms with van der Waals surface area (Å²) in [5.41, 5.74) is 2.39. The highest BCUT2D eigenvalue weighted by Crippen LogP contribution is 2.00. The second-order valence-electron chi connectivity index (χ2n) is 2.71. The normalized spacial score (nSPS) is 12.0. The van der Waals surface area contributed by atoms with Crippen LogP contribution in [-0.2, 0) is 0 Å². The van der Waals surface area contributed by atoms with Crippen molar-refractivity contribution >= 4 is 0 Å². The van der Waals surface area contributed by atoms with Gasteiger partial charge >= 0.3 is 0 Å². The maximum absolute atomic E-state index is 3.76. The van der Waals surface area contributed by atoms with E-state index in [-0.39, 0.29) is 0 Å². The molecule has 0 heterocycles. The van der Waals surface area contributed by atoms with Crippen LogP contribution in [0.2, 0.25) is 0 Å². The molecular weight excluding hydrogens is 132 g/mol. The zero-order valence-corrected chi connectivity index (χ0v) is 7.43. The third-order valence-electron chi connectivity index (χ3n) is 1.23. The van der Waals surface area contributed by atoms with Gasteiger partial charge in [0.05, 0.1) is 0 Å². The van der Waals surface area contributed by atoms with Gasteiger partial charge in [0.1, 0.15) is 0 Å². The van der Waals surface area contributed by atoms with Crippen molar-refractivity contribution in [3.05, 3.63) is 48.6 Å². The topological polar surface area (TPSA) is 0 Å². The highest BCUT2D eigenvalue weighted by Gasteiger charge is 1.79. The van der Waals surface area contributed by atoms with Gasteiger partial charge in [0, 0.05) is 0 Å². The lowest BCUT2D eigenvalue weighted by Crippen LogP contribution is -1.69. The molecule has 0 atom stereocenters. The van der Waals surface area contributed by atoms with Crippen LogP contribution in [0.3, 0.4) is 0 Å². The summed E-state index contributed by atoms with van der Waals surface area (Å²) in [7, 11) is 0. The fraction of sp³-hybridized carbons (Fsp3) is 0.273. The monoisotopic (exact) mass is 148 g/mol. The molecule has 0 aliphatic heterocycles. The van der Waals surface area contributed by atoms with Crippen LogP contribution >= 0.6 is 0 Å². The van der Waals surface area contributed by atoms with E-state index in [9.17, 15) is 0 Å². The van der Waals surface area contributed by atoms with Crippen molar-refractivity contribution in [2.45, 2.75) is 20.3 Å². The minimum absolute atomic E-state index is 0.959. The largest absolute Gasteiger partial charge is 0.103 e. The zero-order valence-electron chi connectivity index (χ0n) is 7.43. The summed E-state index contributed by atoms with van der Waals surface area (Å²) in [5.74, 6) is 0. The Morgan fingerprint density at radius 2 is 2.00 bits per heavy atom. The van der Waals surface area contributed by atoms with Crippen molar-refractivity contribution in [1.29, 1.82) is 0 Å². The van der Waals surface area contributed by atoms with Crippen molar-refractivity contribution in [2.75, 3.05) is 0 Å². The molecule has 0 nitrogen and oxygen atoms in total. The number of rotatable bonds is 4. The maximum atomic E-state index is 3.76. The lowest BCUT2D eigenvalue weighted by molar-refractivity contribution is 1.22. The first kappa shape index (κ1) is 9.96. The first-order valence-electron chi connectivity index (χ1n) is 3.77. The van der Waals surface area contributed by atoms with Crippen molar-refractivity contribution in [1.82, 2.24) is 0 Å². The van der Waals surface area contributed by atoms with Gasteiger partial charge in [0.25, 0.3) is 0 Å². The average Bonchev–Trinajstić information content (AvgIpc) is 1.87. The molecule has 0 aliphatic rings. The van der Waals surface area contributed by atoms with E-state index in [0.29, 0.717) is 0 Å². The van der Waals surface area contributed by atoms with Gasteiger partial charge in [-0.15, -0.1) is 6.58 Å². The van der Waals surface area contributed by atoms with Crippen LogP contribution in [0.1, 0.15) is 20.3 Å². The van der Waals surface area contributed by atoms with E-state index in [2.05, 4.69) is 26.2 Å². The molecule has 0 saturated heterocycles. The van der Waals surface area contributed by atoms with E-state index in [0.717, 1.165) is 12.0 Å². The Labute approximate surface area is 69.6 Å². The third-order valence-corrected chi connectivity index (χ3v) is 1.23. The van der Waals surface area contributed by atoms with Crippen LogP contribution in [-0.4, -0.2) is 0 Å². The van der Waals surface area contributed by atoms with E-state index < -0.39 is 0 Å². The summed E-state index contributed by atoms with van der Waals surface area (Å²) in [4.78, 5) is 0. The van der Waals surface area contributed by atoms with E-state index in [1.807, 2.05) is 25.2 Å². The van der Waals surface area contributed by atoms with E-state index >= 15 is 0 Å². The zero-order chi connectivity index (χ0) is 8.69. The van der Waals surface area contributed by atoms with Crippen LogP contribution in [0.25, 0.3) is 0 Å². The molecule has 0 aromatic carbocycles. The minimum atomic E-state index is 0.959. The number of hydrogen-bond acceptors (Lipinski definition) is 0. The molecule has 0 rings (SSSR count). The fourth-order valence-corrected chi connectivity index (χ4v) is 0.672. The summed E-state index contributed by atoms with van der Waals surface area (Å²) in [5, 5.41) is 0. The van der Waals surface area contributed by atoms with Gasteiger partial charge in [-0.2, -0.15) is 0 Å². The molecule has 0 heteroatoms. The predicted molar refractivity (Wildman–Crippen MR) is 52.5 cm³/mol. The molecule has 0 fully saturated rings. The van der Waals surface area contributed by atoms with Crippen molar-refractivity contribution in [2.24, 2.45) is 0 Å². The second-order valence-corrected chi connectivity index (χ2v) is 2.71. The first-order valence-corrected chi connectivity index (χ1v) is 3.77. The lowest BCUT2D eigenvalue weighted by Gasteiger charge is -1.90. The van der Waals surface area contributed by atoms with Crippen LogP contribution in [0.15, 0.2) is 48.6 Å². The molecule has 0 spiro atoms. The molecule has 11 heavy (non-hydrogen) atoms. The van der Waals surface area contributed by atoms with Gasteiger partial charge in [-0.1, -0.05) is 42.0 Å². The average molecular weight is 148 g/mol. The molecule has 0 bridgehead atoms. The summed E-state index contributed by atoms with van der Waals surface area (Å²) < 4.78 is 0.